The lowest BCUT2D eigenvalue weighted by Gasteiger charge is -2.08. The number of hydrogen-bond donors (Lipinski definition) is 0. The van der Waals surface area contributed by atoms with Crippen molar-refractivity contribution in [1.82, 2.24) is 0 Å². The molecule has 104 valence electrons. The van der Waals surface area contributed by atoms with E-state index in [4.69, 9.17) is 4.74 Å². The van der Waals surface area contributed by atoms with E-state index in [1.165, 1.54) is 25.3 Å². The monoisotopic (exact) mass is 400 g/mol. The molecule has 2 nitrogen and oxygen atoms in total. The summed E-state index contributed by atoms with van der Waals surface area (Å²) in [6, 6.07) is 9.58. The number of carbonyl (C=O) groups excluding carboxylic acids is 1. The Hall–Kier alpha value is -1.20. The van der Waals surface area contributed by atoms with Gasteiger partial charge in [-0.25, -0.2) is 4.39 Å². The molecule has 0 aliphatic carbocycles. The molecule has 2 rings (SSSR count). The minimum Gasteiger partial charge on any atom is -0.494 e. The maximum atomic E-state index is 13.4. The van der Waals surface area contributed by atoms with Gasteiger partial charge in [-0.3, -0.25) is 4.79 Å². The Morgan fingerprint density at radius 3 is 2.60 bits per heavy atom. The van der Waals surface area contributed by atoms with Crippen molar-refractivity contribution in [2.75, 3.05) is 7.11 Å². The molecule has 0 saturated carbocycles. The van der Waals surface area contributed by atoms with Crippen LogP contribution in [0.3, 0.4) is 0 Å². The van der Waals surface area contributed by atoms with Crippen molar-refractivity contribution >= 4 is 37.6 Å². The molecule has 0 aliphatic heterocycles. The first-order chi connectivity index (χ1) is 9.56. The highest BCUT2D eigenvalue weighted by Crippen LogP contribution is 2.25. The van der Waals surface area contributed by atoms with E-state index in [0.29, 0.717) is 20.9 Å². The lowest BCUT2D eigenvalue weighted by atomic mass is 10.0. The van der Waals surface area contributed by atoms with Crippen LogP contribution in [0.25, 0.3) is 0 Å². The first kappa shape index (κ1) is 15.2. The maximum Gasteiger partial charge on any atom is 0.194 e. The smallest absolute Gasteiger partial charge is 0.194 e. The number of halogens is 3. The van der Waals surface area contributed by atoms with Gasteiger partial charge in [0.1, 0.15) is 0 Å². The predicted octanol–water partition coefficient (Wildman–Crippen LogP) is 4.72. The third kappa shape index (κ3) is 3.10. The third-order valence-corrected chi connectivity index (χ3v) is 4.15. The molecule has 20 heavy (non-hydrogen) atoms. The minimum absolute atomic E-state index is 0.0593. The summed E-state index contributed by atoms with van der Waals surface area (Å²) in [4.78, 5) is 12.4. The number of carbonyl (C=O) groups is 1. The zero-order chi connectivity index (χ0) is 14.7. The summed E-state index contributed by atoms with van der Waals surface area (Å²) >= 11 is 6.75. The second-order valence-corrected chi connectivity index (χ2v) is 5.54. The number of benzene rings is 2. The molecular formula is C15H11Br2FO2. The lowest BCUT2D eigenvalue weighted by molar-refractivity contribution is 0.103. The molecule has 0 amide bonds. The first-order valence-electron chi connectivity index (χ1n) is 5.79. The highest BCUT2D eigenvalue weighted by atomic mass is 79.9. The number of hydrogen-bond acceptors (Lipinski definition) is 2. The van der Waals surface area contributed by atoms with E-state index in [0.717, 1.165) is 5.56 Å². The second-order valence-electron chi connectivity index (χ2n) is 4.13. The first-order valence-corrected chi connectivity index (χ1v) is 7.71. The molecule has 0 atom stereocenters. The van der Waals surface area contributed by atoms with E-state index < -0.39 is 5.82 Å². The van der Waals surface area contributed by atoms with Gasteiger partial charge in [0.25, 0.3) is 0 Å². The quantitative estimate of drug-likeness (QED) is 0.547. The SMILES string of the molecule is COc1cc(C(=O)c2ccc(CBr)cc2Br)ccc1F. The van der Waals surface area contributed by atoms with Crippen LogP contribution in [-0.4, -0.2) is 12.9 Å². The molecule has 2 aromatic rings. The molecule has 0 unspecified atom stereocenters. The molecule has 0 bridgehead atoms. The summed E-state index contributed by atoms with van der Waals surface area (Å²) in [5, 5.41) is 0.713. The largest absolute Gasteiger partial charge is 0.494 e. The summed E-state index contributed by atoms with van der Waals surface area (Å²) < 4.78 is 19.0. The molecule has 2 aromatic carbocycles. The summed E-state index contributed by atoms with van der Waals surface area (Å²) in [6.07, 6.45) is 0. The average molecular weight is 402 g/mol. The van der Waals surface area contributed by atoms with Crippen molar-refractivity contribution in [3.63, 3.8) is 0 Å². The van der Waals surface area contributed by atoms with Crippen molar-refractivity contribution in [2.24, 2.45) is 0 Å². The molecular weight excluding hydrogens is 391 g/mol. The Labute approximate surface area is 133 Å². The van der Waals surface area contributed by atoms with E-state index >= 15 is 0 Å². The van der Waals surface area contributed by atoms with Crippen LogP contribution < -0.4 is 4.74 Å². The zero-order valence-electron chi connectivity index (χ0n) is 10.6. The molecule has 0 fully saturated rings. The molecule has 0 aliphatic rings. The summed E-state index contributed by atoms with van der Waals surface area (Å²) in [6.45, 7) is 0. The summed E-state index contributed by atoms with van der Waals surface area (Å²) in [5.74, 6) is -0.613. The number of alkyl halides is 1. The summed E-state index contributed by atoms with van der Waals surface area (Å²) in [5.41, 5.74) is 1.98. The van der Waals surface area contributed by atoms with Crippen molar-refractivity contribution in [2.45, 2.75) is 5.33 Å². The normalized spacial score (nSPS) is 10.4. The van der Waals surface area contributed by atoms with Gasteiger partial charge in [0.15, 0.2) is 17.3 Å². The zero-order valence-corrected chi connectivity index (χ0v) is 13.8. The van der Waals surface area contributed by atoms with Gasteiger partial charge in [-0.15, -0.1) is 0 Å². The Bertz CT molecular complexity index is 656. The van der Waals surface area contributed by atoms with Gasteiger partial charge in [0.05, 0.1) is 7.11 Å². The number of rotatable bonds is 4. The van der Waals surface area contributed by atoms with Gasteiger partial charge >= 0.3 is 0 Å². The summed E-state index contributed by atoms with van der Waals surface area (Å²) in [7, 11) is 1.37. The van der Waals surface area contributed by atoms with Crippen LogP contribution >= 0.6 is 31.9 Å². The van der Waals surface area contributed by atoms with Crippen molar-refractivity contribution in [3.05, 3.63) is 63.4 Å². The lowest BCUT2D eigenvalue weighted by Crippen LogP contribution is -2.04. The predicted molar refractivity (Wildman–Crippen MR) is 83.2 cm³/mol. The van der Waals surface area contributed by atoms with Crippen LogP contribution in [0.4, 0.5) is 4.39 Å². The fourth-order valence-corrected chi connectivity index (χ4v) is 2.74. The van der Waals surface area contributed by atoms with E-state index in [-0.39, 0.29) is 11.5 Å². The molecule has 0 heterocycles. The van der Waals surface area contributed by atoms with Crippen LogP contribution in [0.15, 0.2) is 40.9 Å². The highest BCUT2D eigenvalue weighted by molar-refractivity contribution is 9.10. The fraction of sp³-hybridized carbons (Fsp3) is 0.133. The van der Waals surface area contributed by atoms with Crippen molar-refractivity contribution in [3.8, 4) is 5.75 Å². The Morgan fingerprint density at radius 2 is 2.00 bits per heavy atom. The van der Waals surface area contributed by atoms with Crippen molar-refractivity contribution < 1.29 is 13.9 Å². The van der Waals surface area contributed by atoms with Gasteiger partial charge in [0.2, 0.25) is 0 Å². The van der Waals surface area contributed by atoms with Gasteiger partial charge < -0.3 is 4.74 Å². The van der Waals surface area contributed by atoms with Gasteiger partial charge in [-0.05, 0) is 35.9 Å². The van der Waals surface area contributed by atoms with E-state index in [1.54, 1.807) is 6.07 Å². The minimum atomic E-state index is -0.488. The average Bonchev–Trinajstić information content (AvgIpc) is 2.47. The van der Waals surface area contributed by atoms with E-state index in [9.17, 15) is 9.18 Å². The van der Waals surface area contributed by atoms with Gasteiger partial charge in [0, 0.05) is 20.9 Å². The van der Waals surface area contributed by atoms with Crippen LogP contribution in [0.2, 0.25) is 0 Å². The van der Waals surface area contributed by atoms with Crippen LogP contribution in [0.1, 0.15) is 21.5 Å². The molecule has 0 radical (unpaired) electrons. The molecule has 0 saturated heterocycles. The number of methoxy groups -OCH3 is 1. The second kappa shape index (κ2) is 6.50. The van der Waals surface area contributed by atoms with Crippen molar-refractivity contribution in [1.29, 1.82) is 0 Å². The standard InChI is InChI=1S/C15H11Br2FO2/c1-20-14-7-10(3-5-13(14)18)15(19)11-4-2-9(8-16)6-12(11)17/h2-7H,8H2,1H3. The number of ether oxygens (including phenoxy) is 1. The van der Waals surface area contributed by atoms with E-state index in [1.807, 2.05) is 12.1 Å². The Kier molecular flexibility index (Phi) is 4.94. The van der Waals surface area contributed by atoms with Gasteiger partial charge in [-0.2, -0.15) is 0 Å². The third-order valence-electron chi connectivity index (χ3n) is 2.85. The number of ketones is 1. The van der Waals surface area contributed by atoms with Crippen LogP contribution in [0, 0.1) is 5.82 Å². The Morgan fingerprint density at radius 1 is 1.25 bits per heavy atom. The maximum absolute atomic E-state index is 13.4. The molecule has 0 aromatic heterocycles. The topological polar surface area (TPSA) is 26.3 Å². The Balaban J connectivity index is 2.41. The highest BCUT2D eigenvalue weighted by Gasteiger charge is 2.15. The van der Waals surface area contributed by atoms with E-state index in [2.05, 4.69) is 31.9 Å². The molecule has 0 spiro atoms. The molecule has 5 heteroatoms. The molecule has 0 N–H and O–H groups in total. The van der Waals surface area contributed by atoms with Gasteiger partial charge in [-0.1, -0.05) is 37.9 Å². The fourth-order valence-electron chi connectivity index (χ4n) is 1.78. The van der Waals surface area contributed by atoms with Crippen LogP contribution in [0.5, 0.6) is 5.75 Å². The van der Waals surface area contributed by atoms with Crippen LogP contribution in [-0.2, 0) is 5.33 Å².